The number of benzene rings is 2. The van der Waals surface area contributed by atoms with Crippen LogP contribution >= 0.6 is 0 Å². The van der Waals surface area contributed by atoms with Crippen LogP contribution in [0.3, 0.4) is 0 Å². The third-order valence-corrected chi connectivity index (χ3v) is 6.00. The van der Waals surface area contributed by atoms with Crippen LogP contribution in [0.5, 0.6) is 11.5 Å². The zero-order valence-corrected chi connectivity index (χ0v) is 17.1. The summed E-state index contributed by atoms with van der Waals surface area (Å²) in [5, 5.41) is 3.64. The van der Waals surface area contributed by atoms with Crippen LogP contribution in [-0.2, 0) is 13.6 Å². The van der Waals surface area contributed by atoms with Gasteiger partial charge in [0.15, 0.2) is 11.5 Å². The van der Waals surface area contributed by atoms with E-state index in [0.29, 0.717) is 19.4 Å². The average Bonchev–Trinajstić information content (AvgIpc) is 3.36. The highest BCUT2D eigenvalue weighted by Crippen LogP contribution is 2.36. The van der Waals surface area contributed by atoms with Gasteiger partial charge in [-0.2, -0.15) is 0 Å². The van der Waals surface area contributed by atoms with E-state index in [9.17, 15) is 4.79 Å². The van der Waals surface area contributed by atoms with Gasteiger partial charge in [0.05, 0.1) is 11.4 Å². The maximum absolute atomic E-state index is 12.5. The number of fused-ring (bicyclic) bond motifs is 1. The van der Waals surface area contributed by atoms with E-state index >= 15 is 0 Å². The van der Waals surface area contributed by atoms with Gasteiger partial charge >= 0.3 is 0 Å². The van der Waals surface area contributed by atoms with Crippen molar-refractivity contribution in [3.8, 4) is 17.2 Å². The van der Waals surface area contributed by atoms with Gasteiger partial charge in [-0.15, -0.1) is 0 Å². The number of aromatic nitrogens is 2. The lowest BCUT2D eigenvalue weighted by atomic mass is 10.0. The second-order valence-corrected chi connectivity index (χ2v) is 7.82. The first-order valence-corrected chi connectivity index (χ1v) is 10.4. The van der Waals surface area contributed by atoms with E-state index in [1.165, 1.54) is 5.69 Å². The van der Waals surface area contributed by atoms with E-state index in [1.54, 1.807) is 10.7 Å². The molecule has 1 fully saturated rings. The molecule has 2 aromatic carbocycles. The van der Waals surface area contributed by atoms with Crippen molar-refractivity contribution in [3.63, 3.8) is 0 Å². The Morgan fingerprint density at radius 2 is 1.73 bits per heavy atom. The van der Waals surface area contributed by atoms with Gasteiger partial charge in [-0.25, -0.2) is 4.68 Å². The van der Waals surface area contributed by atoms with Gasteiger partial charge < -0.3 is 19.7 Å². The number of para-hydroxylation sites is 1. The summed E-state index contributed by atoms with van der Waals surface area (Å²) in [7, 11) is 1.94. The summed E-state index contributed by atoms with van der Waals surface area (Å²) in [4.78, 5) is 14.9. The molecule has 3 aromatic rings. The molecule has 1 aromatic heterocycles. The minimum absolute atomic E-state index is 0.00173. The Morgan fingerprint density at radius 3 is 2.53 bits per heavy atom. The topological polar surface area (TPSA) is 60.7 Å². The predicted octanol–water partition coefficient (Wildman–Crippen LogP) is 2.66. The molecule has 30 heavy (non-hydrogen) atoms. The fraction of sp³-hybridized carbons (Fsp3) is 0.348. The van der Waals surface area contributed by atoms with Gasteiger partial charge in [0, 0.05) is 50.5 Å². The highest BCUT2D eigenvalue weighted by atomic mass is 16.7. The highest BCUT2D eigenvalue weighted by Gasteiger charge is 2.22. The average molecular weight is 406 g/mol. The molecule has 3 heterocycles. The van der Waals surface area contributed by atoms with Crippen LogP contribution in [0.4, 0.5) is 5.69 Å². The van der Waals surface area contributed by atoms with Crippen molar-refractivity contribution < 1.29 is 9.47 Å². The van der Waals surface area contributed by atoms with Crippen molar-refractivity contribution >= 4 is 5.69 Å². The molecule has 0 radical (unpaired) electrons. The van der Waals surface area contributed by atoms with Crippen LogP contribution < -0.4 is 25.2 Å². The lowest BCUT2D eigenvalue weighted by Crippen LogP contribution is -2.42. The Kier molecular flexibility index (Phi) is 4.96. The number of anilines is 1. The molecule has 7 heteroatoms. The summed E-state index contributed by atoms with van der Waals surface area (Å²) in [6.45, 7) is 2.96. The first-order chi connectivity index (χ1) is 14.7. The normalized spacial score (nSPS) is 16.2. The fourth-order valence-electron chi connectivity index (χ4n) is 4.28. The Morgan fingerprint density at radius 1 is 0.967 bits per heavy atom. The molecule has 156 valence electrons. The first kappa shape index (κ1) is 18.8. The van der Waals surface area contributed by atoms with Gasteiger partial charge in [0.1, 0.15) is 0 Å². The Hall–Kier alpha value is -3.19. The van der Waals surface area contributed by atoms with E-state index < -0.39 is 0 Å². The van der Waals surface area contributed by atoms with Crippen LogP contribution in [0.25, 0.3) is 5.69 Å². The molecule has 5 rings (SSSR count). The monoisotopic (exact) mass is 406 g/mol. The molecule has 0 atom stereocenters. The van der Waals surface area contributed by atoms with E-state index in [1.807, 2.05) is 48.1 Å². The van der Waals surface area contributed by atoms with Crippen LogP contribution in [0.15, 0.2) is 59.4 Å². The molecule has 2 aliphatic rings. The minimum Gasteiger partial charge on any atom is -0.454 e. The second kappa shape index (κ2) is 7.91. The van der Waals surface area contributed by atoms with Gasteiger partial charge in [-0.05, 0) is 37.1 Å². The molecule has 0 bridgehead atoms. The first-order valence-electron chi connectivity index (χ1n) is 10.4. The Bertz CT molecular complexity index is 1080. The lowest BCUT2D eigenvalue weighted by Gasteiger charge is -2.34. The fourth-order valence-corrected chi connectivity index (χ4v) is 4.28. The van der Waals surface area contributed by atoms with Crippen molar-refractivity contribution in [3.05, 3.63) is 70.6 Å². The van der Waals surface area contributed by atoms with E-state index in [2.05, 4.69) is 22.3 Å². The van der Waals surface area contributed by atoms with Crippen molar-refractivity contribution in [2.45, 2.75) is 25.4 Å². The van der Waals surface area contributed by atoms with Crippen molar-refractivity contribution in [2.24, 2.45) is 7.05 Å². The smallest absolute Gasteiger partial charge is 0.271 e. The zero-order valence-electron chi connectivity index (χ0n) is 17.1. The molecule has 0 unspecified atom stereocenters. The van der Waals surface area contributed by atoms with Crippen molar-refractivity contribution in [1.82, 2.24) is 14.7 Å². The maximum Gasteiger partial charge on any atom is 0.271 e. The molecule has 1 saturated heterocycles. The number of ether oxygens (including phenoxy) is 2. The molecule has 7 nitrogen and oxygen atoms in total. The molecule has 0 spiro atoms. The van der Waals surface area contributed by atoms with Crippen molar-refractivity contribution in [1.29, 1.82) is 0 Å². The summed E-state index contributed by atoms with van der Waals surface area (Å²) in [5.74, 6) is 1.65. The van der Waals surface area contributed by atoms with Crippen LogP contribution in [0.1, 0.15) is 18.5 Å². The summed E-state index contributed by atoms with van der Waals surface area (Å²) in [6, 6.07) is 18.1. The number of hydrogen-bond acceptors (Lipinski definition) is 5. The molecular formula is C23H26N4O3. The standard InChI is InChI=1S/C23H26N4O3/c1-25-20(14-23(28)27(25)18-5-3-2-4-6-18)15-24-17-9-11-26(12-10-17)19-7-8-21-22(13-19)30-16-29-21/h2-8,13-14,17,24H,9-12,15-16H2,1H3. The van der Waals surface area contributed by atoms with Gasteiger partial charge in [-0.3, -0.25) is 9.48 Å². The number of hydrogen-bond donors (Lipinski definition) is 1. The zero-order chi connectivity index (χ0) is 20.5. The molecule has 2 aliphatic heterocycles. The summed E-state index contributed by atoms with van der Waals surface area (Å²) < 4.78 is 14.5. The third-order valence-electron chi connectivity index (χ3n) is 6.00. The summed E-state index contributed by atoms with van der Waals surface area (Å²) in [5.41, 5.74) is 3.05. The summed E-state index contributed by atoms with van der Waals surface area (Å²) in [6.07, 6.45) is 2.11. The SMILES string of the molecule is Cn1c(CNC2CCN(c3ccc4c(c3)OCO4)CC2)cc(=O)n1-c1ccccc1. The molecule has 0 saturated carbocycles. The van der Waals surface area contributed by atoms with Gasteiger partial charge in [0.2, 0.25) is 6.79 Å². The number of rotatable bonds is 5. The largest absolute Gasteiger partial charge is 0.454 e. The lowest BCUT2D eigenvalue weighted by molar-refractivity contribution is 0.174. The van der Waals surface area contributed by atoms with E-state index in [0.717, 1.165) is 48.8 Å². The van der Waals surface area contributed by atoms with Crippen LogP contribution in [-0.4, -0.2) is 35.3 Å². The van der Waals surface area contributed by atoms with E-state index in [-0.39, 0.29) is 5.56 Å². The molecule has 0 amide bonds. The molecule has 1 N–H and O–H groups in total. The van der Waals surface area contributed by atoms with Gasteiger partial charge in [-0.1, -0.05) is 18.2 Å². The molecular weight excluding hydrogens is 380 g/mol. The van der Waals surface area contributed by atoms with Crippen molar-refractivity contribution in [2.75, 3.05) is 24.8 Å². The van der Waals surface area contributed by atoms with Gasteiger partial charge in [0.25, 0.3) is 5.56 Å². The Labute approximate surface area is 175 Å². The van der Waals surface area contributed by atoms with Crippen LogP contribution in [0.2, 0.25) is 0 Å². The Balaban J connectivity index is 1.19. The number of nitrogens with zero attached hydrogens (tertiary/aromatic N) is 3. The highest BCUT2D eigenvalue weighted by molar-refractivity contribution is 5.57. The minimum atomic E-state index is -0.00173. The number of nitrogens with one attached hydrogen (secondary N) is 1. The predicted molar refractivity (Wildman–Crippen MR) is 116 cm³/mol. The van der Waals surface area contributed by atoms with Crippen LogP contribution in [0, 0.1) is 0 Å². The third kappa shape index (κ3) is 3.57. The second-order valence-electron chi connectivity index (χ2n) is 7.82. The quantitative estimate of drug-likeness (QED) is 0.706. The van der Waals surface area contributed by atoms with E-state index in [4.69, 9.17) is 9.47 Å². The maximum atomic E-state index is 12.5. The molecule has 0 aliphatic carbocycles. The summed E-state index contributed by atoms with van der Waals surface area (Å²) >= 11 is 0. The number of piperidine rings is 1.